The Labute approximate surface area is 144 Å². The van der Waals surface area contributed by atoms with Crippen LogP contribution in [-0.4, -0.2) is 25.8 Å². The minimum atomic E-state index is -1.31. The summed E-state index contributed by atoms with van der Waals surface area (Å²) in [7, 11) is 0. The highest BCUT2D eigenvalue weighted by molar-refractivity contribution is 5.93. The molecule has 2 aromatic carbocycles. The zero-order valence-corrected chi connectivity index (χ0v) is 14.2. The molecule has 0 saturated heterocycles. The molecule has 3 aromatic rings. The molecule has 1 aromatic heterocycles. The van der Waals surface area contributed by atoms with Gasteiger partial charge in [0.1, 0.15) is 23.5 Å². The van der Waals surface area contributed by atoms with Crippen LogP contribution >= 0.6 is 0 Å². The molecule has 0 aliphatic rings. The summed E-state index contributed by atoms with van der Waals surface area (Å²) in [5.41, 5.74) is 1.32. The number of aromatic carboxylic acids is 1. The lowest BCUT2D eigenvalue weighted by Gasteiger charge is -2.16. The number of benzene rings is 2. The fraction of sp³-hybridized carbons (Fsp3) is 0.211. The Hall–Kier alpha value is -3.02. The van der Waals surface area contributed by atoms with Gasteiger partial charge >= 0.3 is 5.97 Å². The van der Waals surface area contributed by atoms with Crippen molar-refractivity contribution in [2.24, 2.45) is 0 Å². The standard InChI is InChI=1S/C19H18FN3O2/c1-11(2)18-21-10-22-23(18)15-9-14(13-7-5-4-6-8-13)17(20)16(12(15)3)19(24)25/h4-11H,1-3H3,(H,24,25). The van der Waals surface area contributed by atoms with Crippen molar-refractivity contribution < 1.29 is 14.3 Å². The molecule has 0 saturated carbocycles. The topological polar surface area (TPSA) is 68.0 Å². The van der Waals surface area contributed by atoms with Gasteiger partial charge in [-0.2, -0.15) is 5.10 Å². The summed E-state index contributed by atoms with van der Waals surface area (Å²) in [6.07, 6.45) is 1.42. The van der Waals surface area contributed by atoms with Crippen molar-refractivity contribution in [3.63, 3.8) is 0 Å². The SMILES string of the molecule is Cc1c(-n2ncnc2C(C)C)cc(-c2ccccc2)c(F)c1C(=O)O. The van der Waals surface area contributed by atoms with Crippen molar-refractivity contribution in [3.8, 4) is 16.8 Å². The Balaban J connectivity index is 2.35. The van der Waals surface area contributed by atoms with Crippen LogP contribution in [-0.2, 0) is 0 Å². The predicted molar refractivity (Wildman–Crippen MR) is 92.5 cm³/mol. The van der Waals surface area contributed by atoms with Gasteiger partial charge < -0.3 is 5.11 Å². The van der Waals surface area contributed by atoms with Crippen molar-refractivity contribution in [2.45, 2.75) is 26.7 Å². The second kappa shape index (κ2) is 6.47. The van der Waals surface area contributed by atoms with E-state index in [0.717, 1.165) is 0 Å². The summed E-state index contributed by atoms with van der Waals surface area (Å²) < 4.78 is 16.5. The average Bonchev–Trinajstić information content (AvgIpc) is 3.05. The highest BCUT2D eigenvalue weighted by Gasteiger charge is 2.24. The highest BCUT2D eigenvalue weighted by Crippen LogP contribution is 2.32. The second-order valence-corrected chi connectivity index (χ2v) is 6.11. The van der Waals surface area contributed by atoms with E-state index in [1.165, 1.54) is 6.33 Å². The van der Waals surface area contributed by atoms with E-state index in [1.54, 1.807) is 41.9 Å². The van der Waals surface area contributed by atoms with Crippen LogP contribution in [0.25, 0.3) is 16.8 Å². The molecule has 5 nitrogen and oxygen atoms in total. The van der Waals surface area contributed by atoms with Crippen molar-refractivity contribution in [2.75, 3.05) is 0 Å². The van der Waals surface area contributed by atoms with Crippen LogP contribution in [0.1, 0.15) is 41.5 Å². The van der Waals surface area contributed by atoms with Gasteiger partial charge in [-0.25, -0.2) is 18.9 Å². The summed E-state index contributed by atoms with van der Waals surface area (Å²) in [5.74, 6) is -1.28. The van der Waals surface area contributed by atoms with Crippen LogP contribution in [0.15, 0.2) is 42.7 Å². The number of carbonyl (C=O) groups is 1. The quantitative estimate of drug-likeness (QED) is 0.773. The van der Waals surface area contributed by atoms with Gasteiger partial charge in [0.05, 0.1) is 5.69 Å². The number of nitrogens with zero attached hydrogens (tertiary/aromatic N) is 3. The van der Waals surface area contributed by atoms with Gasteiger partial charge in [-0.05, 0) is 24.1 Å². The van der Waals surface area contributed by atoms with E-state index >= 15 is 0 Å². The molecule has 6 heteroatoms. The minimum Gasteiger partial charge on any atom is -0.478 e. The van der Waals surface area contributed by atoms with Gasteiger partial charge in [0.15, 0.2) is 0 Å². The molecule has 0 radical (unpaired) electrons. The maximum Gasteiger partial charge on any atom is 0.339 e. The first-order valence-electron chi connectivity index (χ1n) is 7.94. The van der Waals surface area contributed by atoms with E-state index in [9.17, 15) is 14.3 Å². The molecular formula is C19H18FN3O2. The lowest BCUT2D eigenvalue weighted by Crippen LogP contribution is -2.12. The first-order chi connectivity index (χ1) is 11.9. The molecule has 128 valence electrons. The summed E-state index contributed by atoms with van der Waals surface area (Å²) in [5, 5.41) is 13.8. The van der Waals surface area contributed by atoms with Gasteiger partial charge in [-0.1, -0.05) is 44.2 Å². The van der Waals surface area contributed by atoms with Gasteiger partial charge in [-0.15, -0.1) is 0 Å². The van der Waals surface area contributed by atoms with Crippen LogP contribution < -0.4 is 0 Å². The van der Waals surface area contributed by atoms with Gasteiger partial charge in [0.2, 0.25) is 0 Å². The molecule has 1 N–H and O–H groups in total. The third-order valence-corrected chi connectivity index (χ3v) is 4.11. The predicted octanol–water partition coefficient (Wildman–Crippen LogP) is 4.20. The number of hydrogen-bond acceptors (Lipinski definition) is 3. The number of hydrogen-bond donors (Lipinski definition) is 1. The normalized spacial score (nSPS) is 11.1. The van der Waals surface area contributed by atoms with Crippen molar-refractivity contribution in [1.29, 1.82) is 0 Å². The van der Waals surface area contributed by atoms with Crippen molar-refractivity contribution in [1.82, 2.24) is 14.8 Å². The minimum absolute atomic E-state index is 0.0837. The van der Waals surface area contributed by atoms with Gasteiger partial charge in [-0.3, -0.25) is 0 Å². The van der Waals surface area contributed by atoms with E-state index < -0.39 is 11.8 Å². The molecular weight excluding hydrogens is 321 g/mol. The molecule has 0 aliphatic heterocycles. The largest absolute Gasteiger partial charge is 0.478 e. The third-order valence-electron chi connectivity index (χ3n) is 4.11. The van der Waals surface area contributed by atoms with Crippen LogP contribution in [0, 0.1) is 12.7 Å². The molecule has 25 heavy (non-hydrogen) atoms. The fourth-order valence-corrected chi connectivity index (χ4v) is 2.87. The van der Waals surface area contributed by atoms with Gasteiger partial charge in [0.25, 0.3) is 0 Å². The number of aromatic nitrogens is 3. The maximum absolute atomic E-state index is 14.9. The summed E-state index contributed by atoms with van der Waals surface area (Å²) in [6.45, 7) is 5.52. The van der Waals surface area contributed by atoms with E-state index in [-0.39, 0.29) is 17.0 Å². The van der Waals surface area contributed by atoms with Crippen LogP contribution in [0.2, 0.25) is 0 Å². The first-order valence-corrected chi connectivity index (χ1v) is 7.94. The monoisotopic (exact) mass is 339 g/mol. The zero-order valence-electron chi connectivity index (χ0n) is 14.2. The molecule has 0 bridgehead atoms. The second-order valence-electron chi connectivity index (χ2n) is 6.11. The van der Waals surface area contributed by atoms with Crippen LogP contribution in [0.3, 0.4) is 0 Å². The molecule has 0 unspecified atom stereocenters. The number of halogens is 1. The molecule has 0 fully saturated rings. The van der Waals surface area contributed by atoms with Gasteiger partial charge in [0, 0.05) is 11.5 Å². The first kappa shape index (κ1) is 16.8. The molecule has 0 aliphatic carbocycles. The Morgan fingerprint density at radius 1 is 1.24 bits per heavy atom. The number of carboxylic acids is 1. The summed E-state index contributed by atoms with van der Waals surface area (Å²) in [6, 6.07) is 10.5. The third kappa shape index (κ3) is 2.91. The van der Waals surface area contributed by atoms with E-state index in [1.807, 2.05) is 19.9 Å². The lowest BCUT2D eigenvalue weighted by molar-refractivity contribution is 0.0691. The maximum atomic E-state index is 14.9. The Kier molecular flexibility index (Phi) is 4.35. The van der Waals surface area contributed by atoms with Crippen molar-refractivity contribution >= 4 is 5.97 Å². The van der Waals surface area contributed by atoms with Crippen molar-refractivity contribution in [3.05, 3.63) is 65.5 Å². The molecule has 3 rings (SSSR count). The average molecular weight is 339 g/mol. The van der Waals surface area contributed by atoms with Crippen LogP contribution in [0.5, 0.6) is 0 Å². The zero-order chi connectivity index (χ0) is 18.1. The fourth-order valence-electron chi connectivity index (χ4n) is 2.87. The van der Waals surface area contributed by atoms with Crippen LogP contribution in [0.4, 0.5) is 4.39 Å². The molecule has 1 heterocycles. The Morgan fingerprint density at radius 2 is 1.92 bits per heavy atom. The van der Waals surface area contributed by atoms with E-state index in [0.29, 0.717) is 22.6 Å². The lowest BCUT2D eigenvalue weighted by atomic mass is 9.96. The highest BCUT2D eigenvalue weighted by atomic mass is 19.1. The summed E-state index contributed by atoms with van der Waals surface area (Å²) >= 11 is 0. The van der Waals surface area contributed by atoms with E-state index in [2.05, 4.69) is 10.1 Å². The number of rotatable bonds is 4. The Bertz CT molecular complexity index is 933. The smallest absolute Gasteiger partial charge is 0.339 e. The molecule has 0 spiro atoms. The van der Waals surface area contributed by atoms with E-state index in [4.69, 9.17) is 0 Å². The molecule has 0 amide bonds. The number of carboxylic acid groups (broad SMARTS) is 1. The molecule has 0 atom stereocenters. The summed E-state index contributed by atoms with van der Waals surface area (Å²) in [4.78, 5) is 15.9. The Morgan fingerprint density at radius 3 is 2.52 bits per heavy atom.